The Bertz CT molecular complexity index is 905. The summed E-state index contributed by atoms with van der Waals surface area (Å²) in [5.74, 6) is -2.51. The zero-order valence-electron chi connectivity index (χ0n) is 22.2. The first-order valence-electron chi connectivity index (χ1n) is 12.9. The van der Waals surface area contributed by atoms with Gasteiger partial charge in [0.2, 0.25) is 23.6 Å². The van der Waals surface area contributed by atoms with E-state index in [2.05, 4.69) is 21.3 Å². The Balaban J connectivity index is 2.68. The highest BCUT2D eigenvalue weighted by Gasteiger charge is 2.31. The van der Waals surface area contributed by atoms with Gasteiger partial charge >= 0.3 is 6.18 Å². The monoisotopic (exact) mass is 560 g/mol. The van der Waals surface area contributed by atoms with Gasteiger partial charge in [-0.15, -0.1) is 0 Å². The number of aliphatic hydroxyl groups is 2. The van der Waals surface area contributed by atoms with Crippen LogP contribution in [-0.4, -0.2) is 76.9 Å². The summed E-state index contributed by atoms with van der Waals surface area (Å²) in [6.07, 6.45) is 2.78. The van der Waals surface area contributed by atoms with Gasteiger partial charge in [0.1, 0.15) is 12.1 Å². The lowest BCUT2D eigenvalue weighted by Gasteiger charge is -2.26. The predicted molar refractivity (Wildman–Crippen MR) is 138 cm³/mol. The van der Waals surface area contributed by atoms with E-state index in [1.54, 1.807) is 19.1 Å². The molecule has 13 heteroatoms. The van der Waals surface area contributed by atoms with Crippen molar-refractivity contribution < 1.29 is 42.6 Å². The number of aliphatic hydroxyl groups excluding tert-OH is 2. The maximum absolute atomic E-state index is 12.9. The molecule has 0 radical (unpaired) electrons. The molecule has 1 heterocycles. The van der Waals surface area contributed by atoms with Gasteiger partial charge < -0.3 is 31.5 Å². The van der Waals surface area contributed by atoms with Crippen LogP contribution in [0.2, 0.25) is 0 Å². The summed E-state index contributed by atoms with van der Waals surface area (Å²) < 4.78 is 36.3. The molecule has 0 aromatic carbocycles. The molecule has 1 aliphatic rings. The Hall–Kier alpha value is -3.19. The average molecular weight is 561 g/mol. The summed E-state index contributed by atoms with van der Waals surface area (Å²) in [4.78, 5) is 49.6. The molecule has 10 nitrogen and oxygen atoms in total. The summed E-state index contributed by atoms with van der Waals surface area (Å²) in [7, 11) is 0. The van der Waals surface area contributed by atoms with E-state index in [0.717, 1.165) is 6.08 Å². The molecule has 39 heavy (non-hydrogen) atoms. The van der Waals surface area contributed by atoms with E-state index < -0.39 is 60.7 Å². The lowest BCUT2D eigenvalue weighted by atomic mass is 10.0. The average Bonchev–Trinajstić information content (AvgIpc) is 2.83. The highest BCUT2D eigenvalue weighted by molar-refractivity contribution is 5.95. The molecular weight excluding hydrogens is 521 g/mol. The van der Waals surface area contributed by atoms with Crippen LogP contribution in [0.4, 0.5) is 13.2 Å². The van der Waals surface area contributed by atoms with Crippen LogP contribution in [0.3, 0.4) is 0 Å². The van der Waals surface area contributed by atoms with Gasteiger partial charge in [-0.05, 0) is 39.5 Å². The number of unbranched alkanes of at least 4 members (excludes halogenated alkanes) is 3. The zero-order valence-corrected chi connectivity index (χ0v) is 22.2. The molecule has 0 aromatic heterocycles. The van der Waals surface area contributed by atoms with Crippen LogP contribution in [0.15, 0.2) is 36.5 Å². The number of allylic oxidation sites excluding steroid dienone is 3. The van der Waals surface area contributed by atoms with Crippen molar-refractivity contribution >= 4 is 23.6 Å². The van der Waals surface area contributed by atoms with Crippen LogP contribution in [0.25, 0.3) is 0 Å². The van der Waals surface area contributed by atoms with E-state index in [1.807, 2.05) is 0 Å². The number of carbonyl (C=O) groups excluding carboxylic acids is 4. The Morgan fingerprint density at radius 1 is 1.21 bits per heavy atom. The third-order valence-corrected chi connectivity index (χ3v) is 5.71. The van der Waals surface area contributed by atoms with E-state index in [9.17, 15) is 42.6 Å². The SMILES string of the molecule is C[C@H]1/C=C\C(=O)NCC[C@H](O)C[C@H](NC(=O)[C@@H](NC(=O)/C=C/C=C/CCCCCC(F)(F)F)[C@@H](C)O)C(=O)N1. The van der Waals surface area contributed by atoms with E-state index in [-0.39, 0.29) is 31.7 Å². The van der Waals surface area contributed by atoms with Crippen molar-refractivity contribution in [2.75, 3.05) is 6.54 Å². The molecule has 0 fully saturated rings. The van der Waals surface area contributed by atoms with Crippen LogP contribution in [0.5, 0.6) is 0 Å². The predicted octanol–water partition coefficient (Wildman–Crippen LogP) is 1.29. The van der Waals surface area contributed by atoms with E-state index in [0.29, 0.717) is 19.3 Å². The van der Waals surface area contributed by atoms with Gasteiger partial charge in [-0.25, -0.2) is 0 Å². The number of hydrogen-bond acceptors (Lipinski definition) is 6. The van der Waals surface area contributed by atoms with Gasteiger partial charge in [0.15, 0.2) is 0 Å². The minimum Gasteiger partial charge on any atom is -0.393 e. The fraction of sp³-hybridized carbons (Fsp3) is 0.615. The highest BCUT2D eigenvalue weighted by atomic mass is 19.4. The van der Waals surface area contributed by atoms with Crippen LogP contribution in [0.1, 0.15) is 58.8 Å². The fourth-order valence-corrected chi connectivity index (χ4v) is 3.60. The summed E-state index contributed by atoms with van der Waals surface area (Å²) in [6.45, 7) is 3.07. The summed E-state index contributed by atoms with van der Waals surface area (Å²) in [6, 6.07) is -3.13. The van der Waals surface area contributed by atoms with Crippen molar-refractivity contribution in [3.05, 3.63) is 36.5 Å². The van der Waals surface area contributed by atoms with Gasteiger partial charge in [-0.1, -0.05) is 30.7 Å². The number of alkyl halides is 3. The Morgan fingerprint density at radius 3 is 2.59 bits per heavy atom. The minimum atomic E-state index is -4.15. The number of nitrogens with one attached hydrogen (secondary N) is 4. The topological polar surface area (TPSA) is 157 Å². The number of halogens is 3. The fourth-order valence-electron chi connectivity index (χ4n) is 3.60. The van der Waals surface area contributed by atoms with Crippen molar-refractivity contribution in [2.45, 2.75) is 95.3 Å². The van der Waals surface area contributed by atoms with Crippen molar-refractivity contribution in [1.82, 2.24) is 21.3 Å². The lowest BCUT2D eigenvalue weighted by Crippen LogP contribution is -2.58. The minimum absolute atomic E-state index is 0.0636. The van der Waals surface area contributed by atoms with Crippen LogP contribution in [-0.2, 0) is 19.2 Å². The molecule has 4 amide bonds. The van der Waals surface area contributed by atoms with Crippen molar-refractivity contribution in [3.63, 3.8) is 0 Å². The molecule has 0 saturated heterocycles. The Kier molecular flexibility index (Phi) is 15.1. The molecule has 0 spiro atoms. The Labute approximate surface area is 226 Å². The zero-order chi connectivity index (χ0) is 29.4. The molecule has 1 aliphatic heterocycles. The summed E-state index contributed by atoms with van der Waals surface area (Å²) >= 11 is 0. The first kappa shape index (κ1) is 33.8. The first-order valence-corrected chi connectivity index (χ1v) is 12.9. The summed E-state index contributed by atoms with van der Waals surface area (Å²) in [5.41, 5.74) is 0. The third kappa shape index (κ3) is 15.7. The van der Waals surface area contributed by atoms with E-state index in [4.69, 9.17) is 0 Å². The van der Waals surface area contributed by atoms with E-state index >= 15 is 0 Å². The third-order valence-electron chi connectivity index (χ3n) is 5.71. The van der Waals surface area contributed by atoms with Gasteiger partial charge in [0.05, 0.1) is 12.2 Å². The molecule has 5 atom stereocenters. The number of amides is 4. The van der Waals surface area contributed by atoms with Gasteiger partial charge in [0, 0.05) is 37.6 Å². The second kappa shape index (κ2) is 17.4. The number of hydrogen-bond donors (Lipinski definition) is 6. The lowest BCUT2D eigenvalue weighted by molar-refractivity contribution is -0.135. The molecular formula is C26H39F3N4O6. The number of carbonyl (C=O) groups is 4. The second-order valence-corrected chi connectivity index (χ2v) is 9.42. The maximum Gasteiger partial charge on any atom is 0.389 e. The van der Waals surface area contributed by atoms with Gasteiger partial charge in [-0.2, -0.15) is 13.2 Å². The normalized spacial score (nSPS) is 23.7. The van der Waals surface area contributed by atoms with Crippen LogP contribution in [0, 0.1) is 0 Å². The van der Waals surface area contributed by atoms with E-state index in [1.165, 1.54) is 25.2 Å². The van der Waals surface area contributed by atoms with Crippen LogP contribution >= 0.6 is 0 Å². The number of rotatable bonds is 11. The smallest absolute Gasteiger partial charge is 0.389 e. The second-order valence-electron chi connectivity index (χ2n) is 9.42. The van der Waals surface area contributed by atoms with Gasteiger partial charge in [-0.3, -0.25) is 19.2 Å². The maximum atomic E-state index is 12.9. The summed E-state index contributed by atoms with van der Waals surface area (Å²) in [5, 5.41) is 30.4. The first-order chi connectivity index (χ1) is 18.3. The molecule has 0 unspecified atom stereocenters. The molecule has 0 aromatic rings. The molecule has 0 bridgehead atoms. The Morgan fingerprint density at radius 2 is 1.92 bits per heavy atom. The molecule has 0 saturated carbocycles. The van der Waals surface area contributed by atoms with Crippen molar-refractivity contribution in [1.29, 1.82) is 0 Å². The van der Waals surface area contributed by atoms with Crippen molar-refractivity contribution in [3.8, 4) is 0 Å². The van der Waals surface area contributed by atoms with Gasteiger partial charge in [0.25, 0.3) is 0 Å². The molecule has 6 N–H and O–H groups in total. The largest absolute Gasteiger partial charge is 0.393 e. The highest BCUT2D eigenvalue weighted by Crippen LogP contribution is 2.22. The molecule has 1 rings (SSSR count). The molecule has 220 valence electrons. The molecule has 0 aliphatic carbocycles. The van der Waals surface area contributed by atoms with Crippen molar-refractivity contribution in [2.24, 2.45) is 0 Å². The standard InChI is InChI=1S/C26H39F3N4O6/c1-17-11-12-21(36)30-15-13-19(35)16-20(24(38)31-17)32-25(39)23(18(2)34)33-22(37)10-8-6-4-3-5-7-9-14-26(27,28)29/h4,6,8,10-12,17-20,23,34-35H,3,5,7,9,13-16H2,1-2H3,(H,30,36)(H,31,38)(H,32,39)(H,33,37)/b6-4+,10-8+,12-11-/t17-,18+,19-,20-,23-/m0/s1. The van der Waals surface area contributed by atoms with Crippen LogP contribution < -0.4 is 21.3 Å². The quantitative estimate of drug-likeness (QED) is 0.127.